The van der Waals surface area contributed by atoms with Gasteiger partial charge in [-0.25, -0.2) is 4.99 Å². The molecule has 8 heteroatoms. The summed E-state index contributed by atoms with van der Waals surface area (Å²) < 4.78 is 1.52. The van der Waals surface area contributed by atoms with Crippen LogP contribution in [0.15, 0.2) is 33.6 Å². The summed E-state index contributed by atoms with van der Waals surface area (Å²) in [6.07, 6.45) is 5.92. The van der Waals surface area contributed by atoms with Crippen molar-refractivity contribution in [1.82, 2.24) is 9.78 Å². The van der Waals surface area contributed by atoms with Crippen LogP contribution in [0.3, 0.4) is 0 Å². The molecule has 3 aliphatic rings. The smallest absolute Gasteiger partial charge is 0.266 e. The molecular formula is C19H19N5O2S. The van der Waals surface area contributed by atoms with Crippen molar-refractivity contribution in [2.75, 3.05) is 5.32 Å². The van der Waals surface area contributed by atoms with Crippen molar-refractivity contribution >= 4 is 40.6 Å². The molecule has 0 aromatic carbocycles. The van der Waals surface area contributed by atoms with Gasteiger partial charge in [-0.15, -0.1) is 11.3 Å². The van der Waals surface area contributed by atoms with E-state index in [1.165, 1.54) is 16.0 Å². The molecule has 0 radical (unpaired) electrons. The van der Waals surface area contributed by atoms with Crippen molar-refractivity contribution in [3.05, 3.63) is 34.2 Å². The lowest BCUT2D eigenvalue weighted by Gasteiger charge is -2.24. The van der Waals surface area contributed by atoms with Gasteiger partial charge in [0.1, 0.15) is 5.82 Å². The fourth-order valence-electron chi connectivity index (χ4n) is 3.63. The molecule has 2 aromatic heterocycles. The van der Waals surface area contributed by atoms with Crippen LogP contribution in [0.2, 0.25) is 0 Å². The van der Waals surface area contributed by atoms with E-state index in [0.717, 1.165) is 49.9 Å². The number of fused-ring (bicyclic) bond motifs is 1. The average molecular weight is 381 g/mol. The van der Waals surface area contributed by atoms with Gasteiger partial charge in [-0.05, 0) is 43.6 Å². The number of hydrogen-bond acceptors (Lipinski definition) is 5. The number of aromatic nitrogens is 2. The first-order valence-electron chi connectivity index (χ1n) is 9.34. The standard InChI is InChI=1S/C19H19N5O2S/c25-17-12-4-1-2-5-13(12)20-19(22-17)24-16(10-14(23-24)11-7-8-11)21-18(26)15-6-3-9-27-15/h3,6,9-12H,1-2,4-5,7-8H2,(H,21,26). The molecule has 0 spiro atoms. The minimum Gasteiger partial charge on any atom is -0.306 e. The lowest BCUT2D eigenvalue weighted by Crippen LogP contribution is -2.33. The Morgan fingerprint density at radius 2 is 2.11 bits per heavy atom. The zero-order chi connectivity index (χ0) is 18.4. The van der Waals surface area contributed by atoms with Crippen LogP contribution >= 0.6 is 11.3 Å². The van der Waals surface area contributed by atoms with Crippen LogP contribution in [0.25, 0.3) is 0 Å². The number of nitrogens with zero attached hydrogens (tertiary/aromatic N) is 4. The predicted molar refractivity (Wildman–Crippen MR) is 104 cm³/mol. The summed E-state index contributed by atoms with van der Waals surface area (Å²) in [6.45, 7) is 0. The normalized spacial score (nSPS) is 22.1. The van der Waals surface area contributed by atoms with E-state index in [1.807, 2.05) is 17.5 Å². The predicted octanol–water partition coefficient (Wildman–Crippen LogP) is 3.45. The van der Waals surface area contributed by atoms with Gasteiger partial charge in [0.25, 0.3) is 17.8 Å². The summed E-state index contributed by atoms with van der Waals surface area (Å²) in [7, 11) is 0. The number of anilines is 1. The SMILES string of the molecule is O=C(Nc1cc(C2CC2)nn1C1=NC(=O)C2CCCCC2=N1)c1cccs1. The molecule has 0 bridgehead atoms. The average Bonchev–Trinajstić information content (AvgIpc) is 3.21. The van der Waals surface area contributed by atoms with Crippen LogP contribution in [0, 0.1) is 5.92 Å². The van der Waals surface area contributed by atoms with Crippen molar-refractivity contribution in [3.63, 3.8) is 0 Å². The highest BCUT2D eigenvalue weighted by Gasteiger charge is 2.33. The molecule has 27 heavy (non-hydrogen) atoms. The minimum absolute atomic E-state index is 0.145. The van der Waals surface area contributed by atoms with E-state index in [4.69, 9.17) is 0 Å². The van der Waals surface area contributed by atoms with E-state index in [1.54, 1.807) is 6.07 Å². The first-order valence-corrected chi connectivity index (χ1v) is 10.2. The quantitative estimate of drug-likeness (QED) is 0.883. The summed E-state index contributed by atoms with van der Waals surface area (Å²) in [6, 6.07) is 5.49. The van der Waals surface area contributed by atoms with Gasteiger partial charge in [-0.1, -0.05) is 12.5 Å². The summed E-state index contributed by atoms with van der Waals surface area (Å²) >= 11 is 1.38. The molecule has 1 atom stereocenters. The van der Waals surface area contributed by atoms with Gasteiger partial charge in [0.05, 0.1) is 16.5 Å². The Morgan fingerprint density at radius 1 is 1.22 bits per heavy atom. The van der Waals surface area contributed by atoms with Crippen molar-refractivity contribution in [2.45, 2.75) is 44.4 Å². The van der Waals surface area contributed by atoms with Gasteiger partial charge in [0, 0.05) is 17.7 Å². The molecule has 5 rings (SSSR count). The number of amides is 2. The number of thiophene rings is 1. The van der Waals surface area contributed by atoms with Gasteiger partial charge in [0.15, 0.2) is 0 Å². The van der Waals surface area contributed by atoms with Crippen molar-refractivity contribution < 1.29 is 9.59 Å². The van der Waals surface area contributed by atoms with E-state index in [2.05, 4.69) is 20.4 Å². The molecule has 2 amide bonds. The van der Waals surface area contributed by atoms with E-state index >= 15 is 0 Å². The molecule has 2 aliphatic carbocycles. The van der Waals surface area contributed by atoms with Crippen molar-refractivity contribution in [1.29, 1.82) is 0 Å². The molecule has 3 heterocycles. The van der Waals surface area contributed by atoms with E-state index in [-0.39, 0.29) is 23.7 Å². The van der Waals surface area contributed by atoms with Gasteiger partial charge in [-0.2, -0.15) is 14.8 Å². The maximum Gasteiger partial charge on any atom is 0.266 e. The highest BCUT2D eigenvalue weighted by atomic mass is 32.1. The highest BCUT2D eigenvalue weighted by molar-refractivity contribution is 7.12. The molecule has 7 nitrogen and oxygen atoms in total. The summed E-state index contributed by atoms with van der Waals surface area (Å²) in [5, 5.41) is 9.39. The number of carbonyl (C=O) groups excluding carboxylic acids is 2. The molecule has 2 saturated carbocycles. The maximum absolute atomic E-state index is 12.5. The molecule has 1 N–H and O–H groups in total. The van der Waals surface area contributed by atoms with Gasteiger partial charge >= 0.3 is 0 Å². The largest absolute Gasteiger partial charge is 0.306 e. The first-order chi connectivity index (χ1) is 13.2. The molecule has 0 saturated heterocycles. The summed E-state index contributed by atoms with van der Waals surface area (Å²) in [5.74, 6) is 0.680. The topological polar surface area (TPSA) is 88.7 Å². The maximum atomic E-state index is 12.5. The second-order valence-corrected chi connectivity index (χ2v) is 8.17. The Bertz CT molecular complexity index is 968. The van der Waals surface area contributed by atoms with Gasteiger partial charge < -0.3 is 5.32 Å². The van der Waals surface area contributed by atoms with E-state index < -0.39 is 0 Å². The highest BCUT2D eigenvalue weighted by Crippen LogP contribution is 2.40. The summed E-state index contributed by atoms with van der Waals surface area (Å²) in [5.41, 5.74) is 1.81. The molecule has 2 aromatic rings. The molecule has 2 fully saturated rings. The fourth-order valence-corrected chi connectivity index (χ4v) is 4.24. The van der Waals surface area contributed by atoms with Crippen molar-refractivity contribution in [3.8, 4) is 0 Å². The molecule has 1 unspecified atom stereocenters. The van der Waals surface area contributed by atoms with Crippen LogP contribution in [-0.4, -0.2) is 33.3 Å². The Morgan fingerprint density at radius 3 is 2.89 bits per heavy atom. The summed E-state index contributed by atoms with van der Waals surface area (Å²) in [4.78, 5) is 34.5. The number of nitrogens with one attached hydrogen (secondary N) is 1. The van der Waals surface area contributed by atoms with Crippen LogP contribution in [0.4, 0.5) is 5.82 Å². The van der Waals surface area contributed by atoms with Gasteiger partial charge in [0.2, 0.25) is 0 Å². The number of rotatable bonds is 3. The van der Waals surface area contributed by atoms with E-state index in [0.29, 0.717) is 16.6 Å². The second-order valence-electron chi connectivity index (χ2n) is 7.22. The first kappa shape index (κ1) is 16.6. The Labute approximate surface area is 160 Å². The Balaban J connectivity index is 1.50. The monoisotopic (exact) mass is 381 g/mol. The number of hydrogen-bond donors (Lipinski definition) is 1. The second kappa shape index (κ2) is 6.53. The van der Waals surface area contributed by atoms with Gasteiger partial charge in [-0.3, -0.25) is 9.59 Å². The molecular weight excluding hydrogens is 362 g/mol. The van der Waals surface area contributed by atoms with Crippen LogP contribution in [-0.2, 0) is 4.79 Å². The zero-order valence-electron chi connectivity index (χ0n) is 14.7. The van der Waals surface area contributed by atoms with Crippen molar-refractivity contribution in [2.24, 2.45) is 15.9 Å². The zero-order valence-corrected chi connectivity index (χ0v) is 15.5. The Kier molecular flexibility index (Phi) is 4.00. The molecule has 138 valence electrons. The van der Waals surface area contributed by atoms with Crippen LogP contribution in [0.1, 0.15) is 59.8 Å². The lowest BCUT2D eigenvalue weighted by atomic mass is 9.86. The third-order valence-corrected chi connectivity index (χ3v) is 6.10. The third-order valence-electron chi connectivity index (χ3n) is 5.23. The number of aliphatic imine (C=N–C) groups is 2. The number of carbonyl (C=O) groups is 2. The van der Waals surface area contributed by atoms with Crippen LogP contribution < -0.4 is 5.32 Å². The Hall–Kier alpha value is -2.61. The minimum atomic E-state index is -0.195. The lowest BCUT2D eigenvalue weighted by molar-refractivity contribution is -0.120. The molecule has 1 aliphatic heterocycles. The van der Waals surface area contributed by atoms with Crippen LogP contribution in [0.5, 0.6) is 0 Å². The third kappa shape index (κ3) is 3.14. The fraction of sp³-hybridized carbons (Fsp3) is 0.421. The van der Waals surface area contributed by atoms with E-state index in [9.17, 15) is 9.59 Å².